The minimum Gasteiger partial charge on any atom is -0.354 e. The molecular weight excluding hydrogens is 691 g/mol. The number of aromatic nitrogens is 1. The predicted molar refractivity (Wildman–Crippen MR) is 197 cm³/mol. The van der Waals surface area contributed by atoms with Crippen molar-refractivity contribution in [2.75, 3.05) is 44.2 Å². The fraction of sp³-hybridized carbons (Fsp3) is 0.395. The number of hydrogen-bond acceptors (Lipinski definition) is 7. The molecular formula is C38H46F2N6O5S. The molecule has 1 aromatic heterocycles. The molecule has 11 nitrogen and oxygen atoms in total. The maximum atomic E-state index is 15.0. The van der Waals surface area contributed by atoms with Gasteiger partial charge >= 0.3 is 0 Å². The second-order valence-corrected chi connectivity index (χ2v) is 14.6. The summed E-state index contributed by atoms with van der Waals surface area (Å²) in [6.45, 7) is 7.16. The Hall–Kier alpha value is -4.82. The lowest BCUT2D eigenvalue weighted by Gasteiger charge is -2.41. The standard InChI is InChI=1S/C38H46F2N6O5S/c1-38(2,3)37(31-20-27(29-21-28(39)10-11-30(29)40)23-44(31)22-26-8-5-4-6-9-26)45(18-7-15-41)36(51)25-52-19-14-32(47)42-16-17-43-33(48)24-46-34(49)12-13-35(46)50/h4-6,8-13,20-21,23,37H,7,14-19,22,24-25,41H2,1-3H3,(H,42,47)(H,43,48). The zero-order chi connectivity index (χ0) is 37.8. The van der Waals surface area contributed by atoms with Crippen LogP contribution in [0.5, 0.6) is 0 Å². The van der Waals surface area contributed by atoms with Crippen LogP contribution in [0, 0.1) is 17.0 Å². The maximum absolute atomic E-state index is 15.0. The summed E-state index contributed by atoms with van der Waals surface area (Å²) < 4.78 is 31.3. The van der Waals surface area contributed by atoms with Crippen LogP contribution in [0.3, 0.4) is 0 Å². The molecule has 2 heterocycles. The van der Waals surface area contributed by atoms with Crippen molar-refractivity contribution in [2.24, 2.45) is 11.1 Å². The van der Waals surface area contributed by atoms with Gasteiger partial charge in [0.25, 0.3) is 11.8 Å². The number of carbonyl (C=O) groups is 5. The van der Waals surface area contributed by atoms with E-state index in [0.717, 1.165) is 40.4 Å². The molecule has 0 saturated carbocycles. The molecule has 278 valence electrons. The Balaban J connectivity index is 1.41. The molecule has 0 bridgehead atoms. The number of amides is 5. The van der Waals surface area contributed by atoms with Crippen molar-refractivity contribution in [1.29, 1.82) is 0 Å². The van der Waals surface area contributed by atoms with Gasteiger partial charge in [0.15, 0.2) is 0 Å². The first kappa shape index (κ1) is 40.0. The van der Waals surface area contributed by atoms with Crippen LogP contribution in [0.1, 0.15) is 50.9 Å². The van der Waals surface area contributed by atoms with E-state index in [0.29, 0.717) is 37.4 Å². The van der Waals surface area contributed by atoms with E-state index in [1.165, 1.54) is 17.8 Å². The molecule has 1 unspecified atom stereocenters. The molecule has 0 radical (unpaired) electrons. The summed E-state index contributed by atoms with van der Waals surface area (Å²) in [5, 5.41) is 5.27. The van der Waals surface area contributed by atoms with Crippen LogP contribution >= 0.6 is 11.8 Å². The lowest BCUT2D eigenvalue weighted by Crippen LogP contribution is -2.44. The predicted octanol–water partition coefficient (Wildman–Crippen LogP) is 4.03. The van der Waals surface area contributed by atoms with Crippen LogP contribution in [-0.4, -0.2) is 88.1 Å². The highest BCUT2D eigenvalue weighted by atomic mass is 32.2. The Labute approximate surface area is 307 Å². The van der Waals surface area contributed by atoms with Crippen molar-refractivity contribution in [3.05, 3.63) is 95.8 Å². The number of benzene rings is 2. The third kappa shape index (κ3) is 11.1. The third-order valence-corrected chi connectivity index (χ3v) is 9.32. The van der Waals surface area contributed by atoms with Crippen LogP contribution in [0.2, 0.25) is 0 Å². The van der Waals surface area contributed by atoms with Crippen molar-refractivity contribution in [3.63, 3.8) is 0 Å². The molecule has 4 rings (SSSR count). The fourth-order valence-corrected chi connectivity index (χ4v) is 6.77. The first-order chi connectivity index (χ1) is 24.8. The SMILES string of the molecule is CC(C)(C)C(c1cc(-c2cc(F)ccc2F)cn1Cc1ccccc1)N(CCCN)C(=O)CSCCC(=O)NCCNC(=O)CN1C(=O)C=CC1=O. The van der Waals surface area contributed by atoms with Gasteiger partial charge in [0, 0.05) is 73.5 Å². The van der Waals surface area contributed by atoms with E-state index in [1.54, 1.807) is 6.20 Å². The second kappa shape index (κ2) is 18.6. The number of imide groups is 1. The number of hydrogen-bond donors (Lipinski definition) is 3. The summed E-state index contributed by atoms with van der Waals surface area (Å²) in [6, 6.07) is 14.5. The number of nitrogens with zero attached hydrogens (tertiary/aromatic N) is 3. The molecule has 0 fully saturated rings. The van der Waals surface area contributed by atoms with E-state index in [1.807, 2.05) is 66.6 Å². The van der Waals surface area contributed by atoms with Gasteiger partial charge in [-0.05, 0) is 48.2 Å². The molecule has 5 amide bonds. The van der Waals surface area contributed by atoms with Gasteiger partial charge in [-0.15, -0.1) is 0 Å². The summed E-state index contributed by atoms with van der Waals surface area (Å²) in [5.74, 6) is -2.65. The first-order valence-electron chi connectivity index (χ1n) is 17.1. The summed E-state index contributed by atoms with van der Waals surface area (Å²) in [6.07, 6.45) is 4.69. The van der Waals surface area contributed by atoms with Crippen molar-refractivity contribution >= 4 is 41.3 Å². The zero-order valence-electron chi connectivity index (χ0n) is 29.7. The molecule has 1 atom stereocenters. The minimum atomic E-state index is -0.554. The second-order valence-electron chi connectivity index (χ2n) is 13.5. The number of rotatable bonds is 18. The molecule has 2 aromatic carbocycles. The van der Waals surface area contributed by atoms with Crippen molar-refractivity contribution in [3.8, 4) is 11.1 Å². The Bertz CT molecular complexity index is 1760. The first-order valence-corrected chi connectivity index (χ1v) is 18.3. The van der Waals surface area contributed by atoms with Gasteiger partial charge in [0.05, 0.1) is 11.8 Å². The summed E-state index contributed by atoms with van der Waals surface area (Å²) in [5.41, 5.74) is 7.83. The van der Waals surface area contributed by atoms with Crippen LogP contribution in [0.15, 0.2) is 72.9 Å². The highest BCUT2D eigenvalue weighted by Crippen LogP contribution is 2.41. The molecule has 14 heteroatoms. The summed E-state index contributed by atoms with van der Waals surface area (Å²) >= 11 is 1.32. The highest BCUT2D eigenvalue weighted by Gasteiger charge is 2.37. The van der Waals surface area contributed by atoms with Gasteiger partial charge in [-0.2, -0.15) is 11.8 Å². The Morgan fingerprint density at radius 3 is 2.27 bits per heavy atom. The molecule has 3 aromatic rings. The number of carbonyl (C=O) groups excluding carboxylic acids is 5. The van der Waals surface area contributed by atoms with Gasteiger partial charge < -0.3 is 25.8 Å². The monoisotopic (exact) mass is 736 g/mol. The minimum absolute atomic E-state index is 0.105. The van der Waals surface area contributed by atoms with E-state index in [2.05, 4.69) is 10.6 Å². The van der Waals surface area contributed by atoms with Gasteiger partial charge in [-0.1, -0.05) is 51.1 Å². The Kier molecular flexibility index (Phi) is 14.3. The van der Waals surface area contributed by atoms with Crippen molar-refractivity contribution < 1.29 is 32.8 Å². The smallest absolute Gasteiger partial charge is 0.254 e. The number of thioether (sulfide) groups is 1. The maximum Gasteiger partial charge on any atom is 0.254 e. The molecule has 0 spiro atoms. The van der Waals surface area contributed by atoms with Crippen molar-refractivity contribution in [1.82, 2.24) is 25.0 Å². The van der Waals surface area contributed by atoms with E-state index in [4.69, 9.17) is 5.73 Å². The Morgan fingerprint density at radius 1 is 0.942 bits per heavy atom. The lowest BCUT2D eigenvalue weighted by atomic mass is 9.83. The summed E-state index contributed by atoms with van der Waals surface area (Å²) in [7, 11) is 0. The number of halogens is 2. The molecule has 1 aliphatic heterocycles. The van der Waals surface area contributed by atoms with Gasteiger partial charge in [-0.3, -0.25) is 28.9 Å². The third-order valence-electron chi connectivity index (χ3n) is 8.37. The van der Waals surface area contributed by atoms with Gasteiger partial charge in [0.2, 0.25) is 17.7 Å². The van der Waals surface area contributed by atoms with Crippen LogP contribution in [0.25, 0.3) is 11.1 Å². The van der Waals surface area contributed by atoms with E-state index < -0.39 is 47.4 Å². The van der Waals surface area contributed by atoms with E-state index >= 15 is 4.39 Å². The lowest BCUT2D eigenvalue weighted by molar-refractivity contribution is -0.141. The fourth-order valence-electron chi connectivity index (χ4n) is 5.96. The summed E-state index contributed by atoms with van der Waals surface area (Å²) in [4.78, 5) is 64.3. The normalized spacial score (nSPS) is 13.4. The highest BCUT2D eigenvalue weighted by molar-refractivity contribution is 7.99. The molecule has 52 heavy (non-hydrogen) atoms. The zero-order valence-corrected chi connectivity index (χ0v) is 30.5. The molecule has 4 N–H and O–H groups in total. The molecule has 0 saturated heterocycles. The van der Waals surface area contributed by atoms with Crippen LogP contribution in [-0.2, 0) is 30.5 Å². The van der Waals surface area contributed by atoms with Gasteiger partial charge in [0.1, 0.15) is 18.2 Å². The number of nitrogens with one attached hydrogen (secondary N) is 2. The average Bonchev–Trinajstić information content (AvgIpc) is 3.65. The van der Waals surface area contributed by atoms with Crippen LogP contribution in [0.4, 0.5) is 8.78 Å². The van der Waals surface area contributed by atoms with E-state index in [9.17, 15) is 28.4 Å². The van der Waals surface area contributed by atoms with Crippen molar-refractivity contribution in [2.45, 2.75) is 46.2 Å². The molecule has 0 aliphatic carbocycles. The average molecular weight is 737 g/mol. The van der Waals surface area contributed by atoms with E-state index in [-0.39, 0.29) is 42.6 Å². The van der Waals surface area contributed by atoms with Crippen LogP contribution < -0.4 is 16.4 Å². The number of nitrogens with two attached hydrogens (primary N) is 1. The Morgan fingerprint density at radius 2 is 1.62 bits per heavy atom. The van der Waals surface area contributed by atoms with Gasteiger partial charge in [-0.25, -0.2) is 8.78 Å². The topological polar surface area (TPSA) is 147 Å². The quantitative estimate of drug-likeness (QED) is 0.132. The largest absolute Gasteiger partial charge is 0.354 e. The molecule has 1 aliphatic rings.